The normalized spacial score (nSPS) is 19.5. The Balaban J connectivity index is 0.850. The van der Waals surface area contributed by atoms with Crippen molar-refractivity contribution in [3.63, 3.8) is 0 Å². The third-order valence-corrected chi connectivity index (χ3v) is 11.5. The zero-order chi connectivity index (χ0) is 37.6. The van der Waals surface area contributed by atoms with Crippen LogP contribution in [0.2, 0.25) is 0 Å². The maximum Gasteiger partial charge on any atom is 0.329 e. The number of nitrogens with one attached hydrogen (secondary N) is 1. The molecule has 282 valence electrons. The van der Waals surface area contributed by atoms with Gasteiger partial charge in [-0.2, -0.15) is 0 Å². The molecular weight excluding hydrogens is 700 g/mol. The third-order valence-electron chi connectivity index (χ3n) is 11.5. The molecule has 0 spiro atoms. The zero-order valence-electron chi connectivity index (χ0n) is 30.8. The van der Waals surface area contributed by atoms with Gasteiger partial charge in [0.1, 0.15) is 29.2 Å². The summed E-state index contributed by atoms with van der Waals surface area (Å²) in [6.07, 6.45) is 6.04. The maximum atomic E-state index is 14.1. The third kappa shape index (κ3) is 6.53. The second kappa shape index (κ2) is 14.4. The van der Waals surface area contributed by atoms with Gasteiger partial charge in [0.25, 0.3) is 0 Å². The predicted octanol–water partition coefficient (Wildman–Crippen LogP) is 4.66. The number of carbonyl (C=O) groups is 2. The summed E-state index contributed by atoms with van der Waals surface area (Å²) in [7, 11) is 1.75. The van der Waals surface area contributed by atoms with Gasteiger partial charge >= 0.3 is 5.69 Å². The van der Waals surface area contributed by atoms with Crippen LogP contribution in [0, 0.1) is 5.82 Å². The molecule has 1 N–H and O–H groups in total. The lowest BCUT2D eigenvalue weighted by molar-refractivity contribution is -0.135. The molecule has 0 bridgehead atoms. The Kier molecular flexibility index (Phi) is 9.12. The Morgan fingerprint density at radius 1 is 0.873 bits per heavy atom. The smallest absolute Gasteiger partial charge is 0.329 e. The van der Waals surface area contributed by atoms with Gasteiger partial charge in [-0.05, 0) is 92.2 Å². The highest BCUT2D eigenvalue weighted by molar-refractivity contribution is 6.00. The number of fused-ring (bicyclic) bond motifs is 2. The number of benzene rings is 2. The lowest BCUT2D eigenvalue weighted by Crippen LogP contribution is -2.47. The number of imide groups is 1. The topological polar surface area (TPSA) is 126 Å². The summed E-state index contributed by atoms with van der Waals surface area (Å²) in [5.41, 5.74) is 5.72. The van der Waals surface area contributed by atoms with Gasteiger partial charge < -0.3 is 9.80 Å². The first-order valence-electron chi connectivity index (χ1n) is 19.2. The van der Waals surface area contributed by atoms with E-state index in [9.17, 15) is 18.8 Å². The number of amides is 2. The minimum Gasteiger partial charge on any atom is -0.354 e. The van der Waals surface area contributed by atoms with Crippen LogP contribution >= 0.6 is 0 Å². The molecule has 0 aliphatic carbocycles. The van der Waals surface area contributed by atoms with Crippen molar-refractivity contribution in [1.82, 2.24) is 38.9 Å². The van der Waals surface area contributed by atoms with E-state index >= 15 is 0 Å². The lowest BCUT2D eigenvalue weighted by atomic mass is 10.0. The SMILES string of the molecule is Cn1c(=O)n(C2CCC(=O)NC2=O)c2cccc(CCCN3CCN(c4cccc(-c5cnc6ccc(N7CCC[C@@H]7c7cccc(F)c7)nn56)n4)CC3)c21. The summed E-state index contributed by atoms with van der Waals surface area (Å²) in [6.45, 7) is 5.28. The first kappa shape index (κ1) is 34.9. The molecule has 2 aromatic carbocycles. The van der Waals surface area contributed by atoms with Crippen molar-refractivity contribution in [3.8, 4) is 11.4 Å². The molecule has 3 aliphatic rings. The number of hydrogen-bond donors (Lipinski definition) is 1. The van der Waals surface area contributed by atoms with Crippen LogP contribution in [-0.2, 0) is 23.1 Å². The number of aryl methyl sites for hydroxylation is 2. The number of hydrogen-bond acceptors (Lipinski definition) is 9. The van der Waals surface area contributed by atoms with Crippen molar-refractivity contribution >= 4 is 40.1 Å². The van der Waals surface area contributed by atoms with Gasteiger partial charge in [0.15, 0.2) is 5.65 Å². The first-order valence-corrected chi connectivity index (χ1v) is 19.2. The fourth-order valence-electron chi connectivity index (χ4n) is 8.68. The molecule has 14 heteroatoms. The fraction of sp³-hybridized carbons (Fsp3) is 0.366. The lowest BCUT2D eigenvalue weighted by Gasteiger charge is -2.35. The van der Waals surface area contributed by atoms with E-state index in [4.69, 9.17) is 10.1 Å². The molecular formula is C41H43FN10O3. The van der Waals surface area contributed by atoms with Crippen LogP contribution in [0.5, 0.6) is 0 Å². The summed E-state index contributed by atoms with van der Waals surface area (Å²) >= 11 is 0. The van der Waals surface area contributed by atoms with Gasteiger partial charge in [-0.15, -0.1) is 5.10 Å². The van der Waals surface area contributed by atoms with Crippen molar-refractivity contribution in [2.45, 2.75) is 50.6 Å². The quantitative estimate of drug-likeness (QED) is 0.211. The number of pyridine rings is 1. The number of anilines is 2. The van der Waals surface area contributed by atoms with Gasteiger partial charge in [0, 0.05) is 46.2 Å². The highest BCUT2D eigenvalue weighted by Crippen LogP contribution is 2.36. The Morgan fingerprint density at radius 3 is 2.55 bits per heavy atom. The molecule has 7 heterocycles. The average molecular weight is 743 g/mol. The molecule has 3 fully saturated rings. The second-order valence-electron chi connectivity index (χ2n) is 14.8. The number of rotatable bonds is 9. The number of halogens is 1. The van der Waals surface area contributed by atoms with Crippen LogP contribution in [-0.4, -0.2) is 84.7 Å². The number of piperazine rings is 1. The molecule has 3 saturated heterocycles. The van der Waals surface area contributed by atoms with E-state index in [1.54, 1.807) is 28.3 Å². The Bertz CT molecular complexity index is 2480. The van der Waals surface area contributed by atoms with Crippen molar-refractivity contribution in [1.29, 1.82) is 0 Å². The van der Waals surface area contributed by atoms with Crippen molar-refractivity contribution in [2.24, 2.45) is 7.05 Å². The van der Waals surface area contributed by atoms with Crippen molar-refractivity contribution < 1.29 is 14.0 Å². The number of aromatic nitrogens is 6. The highest BCUT2D eigenvalue weighted by atomic mass is 19.1. The number of carbonyl (C=O) groups excluding carboxylic acids is 2. The van der Waals surface area contributed by atoms with E-state index in [-0.39, 0.29) is 29.9 Å². The summed E-state index contributed by atoms with van der Waals surface area (Å²) in [6, 6.07) is 22.2. The van der Waals surface area contributed by atoms with Crippen LogP contribution in [0.1, 0.15) is 55.3 Å². The maximum absolute atomic E-state index is 14.1. The van der Waals surface area contributed by atoms with E-state index in [0.29, 0.717) is 6.42 Å². The predicted molar refractivity (Wildman–Crippen MR) is 208 cm³/mol. The number of nitrogens with zero attached hydrogens (tertiary/aromatic N) is 9. The van der Waals surface area contributed by atoms with Gasteiger partial charge in [-0.25, -0.2) is 23.7 Å². The molecule has 3 aliphatic heterocycles. The second-order valence-corrected chi connectivity index (χ2v) is 14.8. The molecule has 13 nitrogen and oxygen atoms in total. The van der Waals surface area contributed by atoms with Crippen LogP contribution < -0.4 is 20.8 Å². The number of imidazole rings is 2. The molecule has 2 amide bonds. The first-order chi connectivity index (χ1) is 26.8. The number of piperidine rings is 1. The van der Waals surface area contributed by atoms with E-state index < -0.39 is 11.9 Å². The van der Waals surface area contributed by atoms with E-state index in [1.165, 1.54) is 6.07 Å². The van der Waals surface area contributed by atoms with Gasteiger partial charge in [-0.1, -0.05) is 30.3 Å². The standard InChI is InChI=1S/C41H43FN10O3/c1-47-39-27(7-3-12-32(39)51(41(47)55)33-15-18-38(53)45-40(33)54)9-5-19-48-21-23-49(24-22-48)36-14-4-11-30(44-36)34-26-43-35-16-17-37(46-52(34)35)50-20-6-13-31(50)28-8-2-10-29(42)25-28/h2-4,7-8,10-12,14,16-17,25-26,31,33H,5-6,9,13,15,18-24H2,1H3,(H,45,53,54)/t31-,33?/m1/s1. The fourth-order valence-corrected chi connectivity index (χ4v) is 8.68. The minimum absolute atomic E-state index is 0.0667. The average Bonchev–Trinajstić information content (AvgIpc) is 3.92. The molecule has 6 aromatic rings. The molecule has 4 aromatic heterocycles. The van der Waals surface area contributed by atoms with E-state index in [0.717, 1.165) is 116 Å². The summed E-state index contributed by atoms with van der Waals surface area (Å²) in [4.78, 5) is 54.5. The van der Waals surface area contributed by atoms with Crippen LogP contribution in [0.25, 0.3) is 28.1 Å². The van der Waals surface area contributed by atoms with Crippen molar-refractivity contribution in [2.75, 3.05) is 49.1 Å². The van der Waals surface area contributed by atoms with Crippen LogP contribution in [0.4, 0.5) is 16.0 Å². The van der Waals surface area contributed by atoms with Crippen LogP contribution in [0.15, 0.2) is 83.8 Å². The monoisotopic (exact) mass is 742 g/mol. The highest BCUT2D eigenvalue weighted by Gasteiger charge is 2.32. The molecule has 55 heavy (non-hydrogen) atoms. The molecule has 2 atom stereocenters. The zero-order valence-corrected chi connectivity index (χ0v) is 30.8. The molecule has 1 unspecified atom stereocenters. The summed E-state index contributed by atoms with van der Waals surface area (Å²) < 4.78 is 19.1. The minimum atomic E-state index is -0.693. The molecule has 0 radical (unpaired) electrons. The number of para-hydroxylation sites is 1. The van der Waals surface area contributed by atoms with E-state index in [2.05, 4.69) is 37.1 Å². The van der Waals surface area contributed by atoms with Crippen LogP contribution in [0.3, 0.4) is 0 Å². The Morgan fingerprint density at radius 2 is 1.71 bits per heavy atom. The van der Waals surface area contributed by atoms with Gasteiger partial charge in [0.05, 0.1) is 29.0 Å². The molecule has 9 rings (SSSR count). The van der Waals surface area contributed by atoms with Gasteiger partial charge in [0.2, 0.25) is 11.8 Å². The summed E-state index contributed by atoms with van der Waals surface area (Å²) in [5, 5.41) is 7.41. The Hall–Kier alpha value is -5.89. The van der Waals surface area contributed by atoms with E-state index in [1.807, 2.05) is 53.2 Å². The largest absolute Gasteiger partial charge is 0.354 e. The van der Waals surface area contributed by atoms with Gasteiger partial charge in [-0.3, -0.25) is 28.9 Å². The Labute approximate surface area is 317 Å². The molecule has 0 saturated carbocycles. The summed E-state index contributed by atoms with van der Waals surface area (Å²) in [5.74, 6) is 0.805. The van der Waals surface area contributed by atoms with Crippen molar-refractivity contribution in [3.05, 3.63) is 106 Å².